The molecule has 0 heterocycles. The Labute approximate surface area is 147 Å². The highest BCUT2D eigenvalue weighted by atomic mass is 35.5. The van der Waals surface area contributed by atoms with Crippen molar-refractivity contribution in [1.82, 2.24) is 5.32 Å². The first-order valence-electron chi connectivity index (χ1n) is 7.28. The van der Waals surface area contributed by atoms with Crippen LogP contribution < -0.4 is 10.0 Å². The van der Waals surface area contributed by atoms with E-state index in [1.807, 2.05) is 20.8 Å². The molecule has 2 rings (SSSR count). The quantitative estimate of drug-likeness (QED) is 0.866. The number of rotatable bonds is 4. The summed E-state index contributed by atoms with van der Waals surface area (Å²) in [5, 5.41) is 3.09. The van der Waals surface area contributed by atoms with E-state index in [0.29, 0.717) is 5.02 Å². The SMILES string of the molecule is CC(C)(C)NC(=O)c1cccc(S(=O)(=O)Nc2ccccc2Cl)c1. The highest BCUT2D eigenvalue weighted by Crippen LogP contribution is 2.24. The van der Waals surface area contributed by atoms with Crippen LogP contribution in [0.1, 0.15) is 31.1 Å². The van der Waals surface area contributed by atoms with Crippen LogP contribution in [0, 0.1) is 0 Å². The maximum Gasteiger partial charge on any atom is 0.261 e. The van der Waals surface area contributed by atoms with Gasteiger partial charge in [0.05, 0.1) is 15.6 Å². The standard InChI is InChI=1S/C17H19ClN2O3S/c1-17(2,3)19-16(21)12-7-6-8-13(11-12)24(22,23)20-15-10-5-4-9-14(15)18/h4-11,20H,1-3H3,(H,19,21). The number of benzene rings is 2. The molecule has 0 saturated heterocycles. The Hall–Kier alpha value is -2.05. The third-order valence-electron chi connectivity index (χ3n) is 3.01. The van der Waals surface area contributed by atoms with Gasteiger partial charge in [-0.2, -0.15) is 0 Å². The largest absolute Gasteiger partial charge is 0.347 e. The molecule has 0 aromatic heterocycles. The summed E-state index contributed by atoms with van der Waals surface area (Å²) in [5.41, 5.74) is 0.137. The topological polar surface area (TPSA) is 75.3 Å². The molecule has 0 bridgehead atoms. The summed E-state index contributed by atoms with van der Waals surface area (Å²) in [7, 11) is -3.85. The fraction of sp³-hybridized carbons (Fsp3) is 0.235. The molecule has 7 heteroatoms. The van der Waals surface area contributed by atoms with E-state index in [2.05, 4.69) is 10.0 Å². The van der Waals surface area contributed by atoms with Crippen LogP contribution in [-0.4, -0.2) is 19.9 Å². The van der Waals surface area contributed by atoms with Crippen molar-refractivity contribution < 1.29 is 13.2 Å². The summed E-state index contributed by atoms with van der Waals surface area (Å²) in [6.07, 6.45) is 0. The lowest BCUT2D eigenvalue weighted by Crippen LogP contribution is -2.40. The van der Waals surface area contributed by atoms with Gasteiger partial charge in [0.2, 0.25) is 0 Å². The molecule has 0 atom stereocenters. The number of para-hydroxylation sites is 1. The first kappa shape index (κ1) is 18.3. The fourth-order valence-electron chi connectivity index (χ4n) is 1.96. The molecule has 1 amide bonds. The molecule has 2 aromatic carbocycles. The van der Waals surface area contributed by atoms with Crippen LogP contribution in [0.15, 0.2) is 53.4 Å². The van der Waals surface area contributed by atoms with Crippen LogP contribution in [0.2, 0.25) is 5.02 Å². The number of halogens is 1. The second-order valence-electron chi connectivity index (χ2n) is 6.32. The first-order chi connectivity index (χ1) is 11.1. The minimum atomic E-state index is -3.85. The van der Waals surface area contributed by atoms with E-state index in [1.54, 1.807) is 30.3 Å². The number of nitrogens with one attached hydrogen (secondary N) is 2. The molecule has 0 unspecified atom stereocenters. The Morgan fingerprint density at radius 1 is 1.04 bits per heavy atom. The highest BCUT2D eigenvalue weighted by molar-refractivity contribution is 7.92. The monoisotopic (exact) mass is 366 g/mol. The second kappa shape index (κ2) is 6.83. The van der Waals surface area contributed by atoms with Gasteiger partial charge in [0.1, 0.15) is 0 Å². The summed E-state index contributed by atoms with van der Waals surface area (Å²) in [5.74, 6) is -0.336. The van der Waals surface area contributed by atoms with Crippen molar-refractivity contribution in [2.24, 2.45) is 0 Å². The predicted molar refractivity (Wildman–Crippen MR) is 95.9 cm³/mol. The zero-order valence-electron chi connectivity index (χ0n) is 13.6. The Balaban J connectivity index is 2.30. The van der Waals surface area contributed by atoms with Gasteiger partial charge in [0.15, 0.2) is 0 Å². The molecule has 128 valence electrons. The van der Waals surface area contributed by atoms with Crippen molar-refractivity contribution in [3.63, 3.8) is 0 Å². The van der Waals surface area contributed by atoms with Gasteiger partial charge in [-0.1, -0.05) is 29.8 Å². The number of amides is 1. The van der Waals surface area contributed by atoms with E-state index in [9.17, 15) is 13.2 Å². The van der Waals surface area contributed by atoms with Crippen LogP contribution in [-0.2, 0) is 10.0 Å². The Bertz CT molecular complexity index is 858. The molecule has 24 heavy (non-hydrogen) atoms. The summed E-state index contributed by atoms with van der Waals surface area (Å²) in [6, 6.07) is 12.4. The molecule has 0 radical (unpaired) electrons. The minimum Gasteiger partial charge on any atom is -0.347 e. The van der Waals surface area contributed by atoms with Gasteiger partial charge in [-0.05, 0) is 51.1 Å². The summed E-state index contributed by atoms with van der Waals surface area (Å²) < 4.78 is 27.5. The van der Waals surface area contributed by atoms with Crippen molar-refractivity contribution in [2.45, 2.75) is 31.2 Å². The van der Waals surface area contributed by atoms with Crippen LogP contribution in [0.3, 0.4) is 0 Å². The Morgan fingerprint density at radius 3 is 2.33 bits per heavy atom. The summed E-state index contributed by atoms with van der Waals surface area (Å²) in [4.78, 5) is 12.2. The van der Waals surface area contributed by atoms with Gasteiger partial charge in [0.25, 0.3) is 15.9 Å². The average Bonchev–Trinajstić information content (AvgIpc) is 2.48. The van der Waals surface area contributed by atoms with Crippen LogP contribution in [0.4, 0.5) is 5.69 Å². The summed E-state index contributed by atoms with van der Waals surface area (Å²) >= 11 is 5.98. The molecule has 0 spiro atoms. The Kier molecular flexibility index (Phi) is 5.20. The zero-order valence-corrected chi connectivity index (χ0v) is 15.2. The molecule has 0 aliphatic heterocycles. The lowest BCUT2D eigenvalue weighted by Gasteiger charge is -2.20. The van der Waals surface area contributed by atoms with Gasteiger partial charge >= 0.3 is 0 Å². The lowest BCUT2D eigenvalue weighted by atomic mass is 10.1. The third kappa shape index (κ3) is 4.72. The number of hydrogen-bond acceptors (Lipinski definition) is 3. The maximum absolute atomic E-state index is 12.5. The number of hydrogen-bond donors (Lipinski definition) is 2. The van der Waals surface area contributed by atoms with E-state index in [4.69, 9.17) is 11.6 Å². The molecule has 2 aromatic rings. The normalized spacial score (nSPS) is 11.8. The van der Waals surface area contributed by atoms with Crippen molar-refractivity contribution in [1.29, 1.82) is 0 Å². The predicted octanol–water partition coefficient (Wildman–Crippen LogP) is 3.67. The van der Waals surface area contributed by atoms with Gasteiger partial charge in [0, 0.05) is 11.1 Å². The van der Waals surface area contributed by atoms with Crippen LogP contribution in [0.25, 0.3) is 0 Å². The molecule has 0 aliphatic carbocycles. The fourth-order valence-corrected chi connectivity index (χ4v) is 3.33. The average molecular weight is 367 g/mol. The molecule has 0 saturated carbocycles. The second-order valence-corrected chi connectivity index (χ2v) is 8.41. The van der Waals surface area contributed by atoms with E-state index in [1.165, 1.54) is 18.2 Å². The number of sulfonamides is 1. The van der Waals surface area contributed by atoms with Gasteiger partial charge < -0.3 is 5.32 Å². The van der Waals surface area contributed by atoms with Crippen LogP contribution >= 0.6 is 11.6 Å². The number of anilines is 1. The van der Waals surface area contributed by atoms with Crippen LogP contribution in [0.5, 0.6) is 0 Å². The van der Waals surface area contributed by atoms with Gasteiger partial charge in [-0.15, -0.1) is 0 Å². The molecule has 5 nitrogen and oxygen atoms in total. The van der Waals surface area contributed by atoms with E-state index in [0.717, 1.165) is 0 Å². The maximum atomic E-state index is 12.5. The highest BCUT2D eigenvalue weighted by Gasteiger charge is 2.19. The molecule has 0 fully saturated rings. The van der Waals surface area contributed by atoms with Crippen molar-refractivity contribution >= 4 is 33.2 Å². The van der Waals surface area contributed by atoms with E-state index >= 15 is 0 Å². The lowest BCUT2D eigenvalue weighted by molar-refractivity contribution is 0.0919. The van der Waals surface area contributed by atoms with E-state index in [-0.39, 0.29) is 22.1 Å². The molecular formula is C17H19ClN2O3S. The van der Waals surface area contributed by atoms with Gasteiger partial charge in [-0.25, -0.2) is 8.42 Å². The number of carbonyl (C=O) groups is 1. The minimum absolute atomic E-state index is 0.0102. The van der Waals surface area contributed by atoms with Crippen molar-refractivity contribution in [3.05, 3.63) is 59.1 Å². The summed E-state index contributed by atoms with van der Waals surface area (Å²) in [6.45, 7) is 5.55. The molecule has 2 N–H and O–H groups in total. The third-order valence-corrected chi connectivity index (χ3v) is 4.71. The first-order valence-corrected chi connectivity index (χ1v) is 9.14. The van der Waals surface area contributed by atoms with Crippen molar-refractivity contribution in [2.75, 3.05) is 4.72 Å². The Morgan fingerprint density at radius 2 is 1.71 bits per heavy atom. The molecular weight excluding hydrogens is 348 g/mol. The zero-order chi connectivity index (χ0) is 18.0. The van der Waals surface area contributed by atoms with Crippen molar-refractivity contribution in [3.8, 4) is 0 Å². The van der Waals surface area contributed by atoms with E-state index < -0.39 is 15.6 Å². The van der Waals surface area contributed by atoms with Gasteiger partial charge in [-0.3, -0.25) is 9.52 Å². The molecule has 0 aliphatic rings. The number of carbonyl (C=O) groups excluding carboxylic acids is 1. The smallest absolute Gasteiger partial charge is 0.261 e.